The lowest BCUT2D eigenvalue weighted by Gasteiger charge is -2.22. The van der Waals surface area contributed by atoms with Crippen LogP contribution < -0.4 is 5.73 Å². The number of hydrogen-bond acceptors (Lipinski definition) is 2. The zero-order valence-electron chi connectivity index (χ0n) is 9.59. The van der Waals surface area contributed by atoms with Crippen molar-refractivity contribution in [2.24, 2.45) is 5.73 Å². The predicted octanol–water partition coefficient (Wildman–Crippen LogP) is 2.92. The van der Waals surface area contributed by atoms with Gasteiger partial charge in [0.2, 0.25) is 0 Å². The average molecular weight is 284 g/mol. The first-order valence-corrected chi connectivity index (χ1v) is 6.66. The molecule has 2 rings (SSSR count). The normalized spacial score (nSPS) is 16.9. The van der Waals surface area contributed by atoms with Crippen LogP contribution in [-0.2, 0) is 19.3 Å². The Bertz CT molecular complexity index is 401. The van der Waals surface area contributed by atoms with E-state index in [1.807, 2.05) is 6.92 Å². The second-order valence-corrected chi connectivity index (χ2v) is 5.57. The van der Waals surface area contributed by atoms with Gasteiger partial charge in [-0.2, -0.15) is 0 Å². The molecule has 3 heteroatoms. The van der Waals surface area contributed by atoms with Crippen molar-refractivity contribution in [3.05, 3.63) is 27.2 Å². The quantitative estimate of drug-likeness (QED) is 0.877. The number of aryl methyl sites for hydroxylation is 1. The molecular formula is C13H18BrNO. The molecule has 2 nitrogen and oxygen atoms in total. The van der Waals surface area contributed by atoms with Crippen molar-refractivity contribution in [2.45, 2.75) is 45.1 Å². The number of benzene rings is 1. The minimum Gasteiger partial charge on any atom is -0.506 e. The highest BCUT2D eigenvalue weighted by Gasteiger charge is 2.19. The van der Waals surface area contributed by atoms with Gasteiger partial charge in [-0.25, -0.2) is 0 Å². The zero-order chi connectivity index (χ0) is 11.7. The van der Waals surface area contributed by atoms with Crippen LogP contribution in [0.2, 0.25) is 0 Å². The molecule has 0 aromatic heterocycles. The molecule has 0 saturated heterocycles. The van der Waals surface area contributed by atoms with E-state index in [4.69, 9.17) is 5.73 Å². The van der Waals surface area contributed by atoms with Crippen molar-refractivity contribution in [2.75, 3.05) is 0 Å². The Morgan fingerprint density at radius 1 is 1.44 bits per heavy atom. The van der Waals surface area contributed by atoms with Crippen LogP contribution in [0.3, 0.4) is 0 Å². The Balaban J connectivity index is 2.50. The Morgan fingerprint density at radius 2 is 2.12 bits per heavy atom. The molecule has 88 valence electrons. The van der Waals surface area contributed by atoms with Crippen LogP contribution in [0.25, 0.3) is 0 Å². The zero-order valence-corrected chi connectivity index (χ0v) is 11.2. The Morgan fingerprint density at radius 3 is 2.81 bits per heavy atom. The van der Waals surface area contributed by atoms with Crippen LogP contribution in [-0.4, -0.2) is 11.1 Å². The van der Waals surface area contributed by atoms with Crippen LogP contribution >= 0.6 is 15.9 Å². The lowest BCUT2D eigenvalue weighted by molar-refractivity contribution is 0.459. The third-order valence-electron chi connectivity index (χ3n) is 3.21. The van der Waals surface area contributed by atoms with E-state index in [1.54, 1.807) is 0 Å². The lowest BCUT2D eigenvalue weighted by Crippen LogP contribution is -2.20. The third kappa shape index (κ3) is 2.25. The van der Waals surface area contributed by atoms with Gasteiger partial charge in [0.05, 0.1) is 4.47 Å². The minimum absolute atomic E-state index is 0.0891. The predicted molar refractivity (Wildman–Crippen MR) is 69.8 cm³/mol. The maximum atomic E-state index is 10.1. The molecule has 0 aliphatic heterocycles. The largest absolute Gasteiger partial charge is 0.506 e. The molecule has 0 fully saturated rings. The first-order chi connectivity index (χ1) is 7.59. The highest BCUT2D eigenvalue weighted by atomic mass is 79.9. The summed E-state index contributed by atoms with van der Waals surface area (Å²) in [4.78, 5) is 0. The summed E-state index contributed by atoms with van der Waals surface area (Å²) in [5.41, 5.74) is 9.62. The topological polar surface area (TPSA) is 46.2 Å². The Labute approximate surface area is 105 Å². The van der Waals surface area contributed by atoms with Gasteiger partial charge in [-0.15, -0.1) is 0 Å². The first kappa shape index (κ1) is 11.9. The van der Waals surface area contributed by atoms with Crippen LogP contribution in [0, 0.1) is 0 Å². The number of halogens is 1. The summed E-state index contributed by atoms with van der Waals surface area (Å²) < 4.78 is 0.809. The summed E-state index contributed by atoms with van der Waals surface area (Å²) in [6, 6.07) is 2.15. The van der Waals surface area contributed by atoms with Crippen molar-refractivity contribution >= 4 is 15.9 Å². The van der Waals surface area contributed by atoms with Crippen molar-refractivity contribution < 1.29 is 5.11 Å². The molecule has 0 amide bonds. The van der Waals surface area contributed by atoms with Gasteiger partial charge in [0.1, 0.15) is 5.75 Å². The van der Waals surface area contributed by atoms with Gasteiger partial charge in [0, 0.05) is 11.6 Å². The number of aromatic hydroxyl groups is 1. The number of phenols is 1. The van der Waals surface area contributed by atoms with Gasteiger partial charge in [-0.3, -0.25) is 0 Å². The van der Waals surface area contributed by atoms with Crippen molar-refractivity contribution in [3.63, 3.8) is 0 Å². The van der Waals surface area contributed by atoms with Crippen molar-refractivity contribution in [1.29, 1.82) is 0 Å². The van der Waals surface area contributed by atoms with E-state index in [0.717, 1.165) is 29.3 Å². The maximum absolute atomic E-state index is 10.1. The standard InChI is InChI=1S/C13H18BrNO/c1-8(15)6-11-10-5-3-2-4-9(10)7-12(14)13(11)16/h7-8,16H,2-6,15H2,1H3. The second-order valence-electron chi connectivity index (χ2n) is 4.71. The smallest absolute Gasteiger partial charge is 0.133 e. The van der Waals surface area contributed by atoms with Crippen molar-refractivity contribution in [1.82, 2.24) is 0 Å². The molecule has 3 N–H and O–H groups in total. The summed E-state index contributed by atoms with van der Waals surface area (Å²) in [5.74, 6) is 0.387. The highest BCUT2D eigenvalue weighted by molar-refractivity contribution is 9.10. The summed E-state index contributed by atoms with van der Waals surface area (Å²) in [6.45, 7) is 1.98. The van der Waals surface area contributed by atoms with Gasteiger partial charge in [-0.1, -0.05) is 0 Å². The SMILES string of the molecule is CC(N)Cc1c(O)c(Br)cc2c1CCCC2. The number of fused-ring (bicyclic) bond motifs is 1. The van der Waals surface area contributed by atoms with E-state index in [9.17, 15) is 5.11 Å². The Kier molecular flexibility index (Phi) is 3.55. The van der Waals surface area contributed by atoms with Crippen LogP contribution in [0.15, 0.2) is 10.5 Å². The highest BCUT2D eigenvalue weighted by Crippen LogP contribution is 2.37. The molecule has 1 atom stereocenters. The number of nitrogens with two attached hydrogens (primary N) is 1. The summed E-state index contributed by atoms with van der Waals surface area (Å²) in [5, 5.41) is 10.1. The van der Waals surface area contributed by atoms with E-state index in [0.29, 0.717) is 5.75 Å². The second kappa shape index (κ2) is 4.76. The lowest BCUT2D eigenvalue weighted by atomic mass is 9.86. The van der Waals surface area contributed by atoms with E-state index in [-0.39, 0.29) is 6.04 Å². The molecule has 0 heterocycles. The van der Waals surface area contributed by atoms with Crippen LogP contribution in [0.5, 0.6) is 5.75 Å². The van der Waals surface area contributed by atoms with Gasteiger partial charge in [-0.05, 0) is 72.2 Å². The number of phenolic OH excluding ortho intramolecular Hbond substituents is 1. The molecule has 1 unspecified atom stereocenters. The number of rotatable bonds is 2. The molecule has 1 aromatic carbocycles. The molecular weight excluding hydrogens is 266 g/mol. The van der Waals surface area contributed by atoms with Crippen molar-refractivity contribution in [3.8, 4) is 5.75 Å². The first-order valence-electron chi connectivity index (χ1n) is 5.87. The Hall–Kier alpha value is -0.540. The summed E-state index contributed by atoms with van der Waals surface area (Å²) in [6.07, 6.45) is 5.44. The molecule has 0 radical (unpaired) electrons. The fraction of sp³-hybridized carbons (Fsp3) is 0.538. The molecule has 1 aromatic rings. The van der Waals surface area contributed by atoms with Crippen LogP contribution in [0.4, 0.5) is 0 Å². The average Bonchev–Trinajstić information content (AvgIpc) is 2.24. The van der Waals surface area contributed by atoms with Gasteiger partial charge in [0.25, 0.3) is 0 Å². The molecule has 0 spiro atoms. The summed E-state index contributed by atoms with van der Waals surface area (Å²) >= 11 is 3.42. The summed E-state index contributed by atoms with van der Waals surface area (Å²) in [7, 11) is 0. The van der Waals surface area contributed by atoms with Gasteiger partial charge in [0.15, 0.2) is 0 Å². The van der Waals surface area contributed by atoms with E-state index in [1.165, 1.54) is 24.0 Å². The third-order valence-corrected chi connectivity index (χ3v) is 3.82. The minimum atomic E-state index is 0.0891. The molecule has 16 heavy (non-hydrogen) atoms. The molecule has 1 aliphatic carbocycles. The fourth-order valence-corrected chi connectivity index (χ4v) is 3.00. The van der Waals surface area contributed by atoms with Gasteiger partial charge < -0.3 is 10.8 Å². The molecule has 1 aliphatic rings. The van der Waals surface area contributed by atoms with E-state index >= 15 is 0 Å². The molecule has 0 bridgehead atoms. The molecule has 0 saturated carbocycles. The monoisotopic (exact) mass is 283 g/mol. The van der Waals surface area contributed by atoms with E-state index < -0.39 is 0 Å². The van der Waals surface area contributed by atoms with Gasteiger partial charge >= 0.3 is 0 Å². The maximum Gasteiger partial charge on any atom is 0.133 e. The van der Waals surface area contributed by atoms with Crippen LogP contribution in [0.1, 0.15) is 36.5 Å². The van der Waals surface area contributed by atoms with E-state index in [2.05, 4.69) is 22.0 Å². The fourth-order valence-electron chi connectivity index (χ4n) is 2.48. The number of hydrogen-bond donors (Lipinski definition) is 2.